The summed E-state index contributed by atoms with van der Waals surface area (Å²) in [6.07, 6.45) is 1.65. The summed E-state index contributed by atoms with van der Waals surface area (Å²) in [5.74, 6) is 0.449. The van der Waals surface area contributed by atoms with Gasteiger partial charge in [-0.15, -0.1) is 0 Å². The zero-order valence-electron chi connectivity index (χ0n) is 24.3. The van der Waals surface area contributed by atoms with Crippen LogP contribution < -0.4 is 5.14 Å². The summed E-state index contributed by atoms with van der Waals surface area (Å²) in [5.41, 5.74) is 3.49. The average molecular weight is 606 g/mol. The standard InChI is InChI=1S/C32H35N3O7S/c1-21-17-32(39-3,18-22(2)41-21)26-11-7-8-23(16-26)19-40-20-28(35-36)31-34-29(24-9-5-4-6-10-24)30(42-31)25-12-14-27(15-13-25)43(33,37)38/h4-16,21-22,36H,17-20H2,1-3H3,(H2,33,37,38)/b35-28+. The molecule has 1 fully saturated rings. The quantitative estimate of drug-likeness (QED) is 0.137. The Morgan fingerprint density at radius 2 is 1.72 bits per heavy atom. The predicted octanol–water partition coefficient (Wildman–Crippen LogP) is 5.48. The Labute approximate surface area is 251 Å². The van der Waals surface area contributed by atoms with Crippen LogP contribution in [0.1, 0.15) is 43.7 Å². The summed E-state index contributed by atoms with van der Waals surface area (Å²) >= 11 is 0. The summed E-state index contributed by atoms with van der Waals surface area (Å²) < 4.78 is 47.5. The summed E-state index contributed by atoms with van der Waals surface area (Å²) in [6.45, 7) is 4.30. The Morgan fingerprint density at radius 3 is 2.35 bits per heavy atom. The Kier molecular flexibility index (Phi) is 9.09. The largest absolute Gasteiger partial charge is 0.434 e. The molecule has 11 heteroatoms. The Morgan fingerprint density at radius 1 is 1.02 bits per heavy atom. The fourth-order valence-electron chi connectivity index (χ4n) is 5.60. The fourth-order valence-corrected chi connectivity index (χ4v) is 6.11. The first-order chi connectivity index (χ1) is 20.6. The van der Waals surface area contributed by atoms with Gasteiger partial charge in [-0.25, -0.2) is 18.5 Å². The molecule has 1 aromatic heterocycles. The van der Waals surface area contributed by atoms with E-state index in [0.29, 0.717) is 17.0 Å². The minimum atomic E-state index is -3.86. The highest BCUT2D eigenvalue weighted by Gasteiger charge is 2.40. The number of hydrogen-bond donors (Lipinski definition) is 2. The van der Waals surface area contributed by atoms with E-state index in [1.54, 1.807) is 19.2 Å². The van der Waals surface area contributed by atoms with Gasteiger partial charge >= 0.3 is 0 Å². The second-order valence-corrected chi connectivity index (χ2v) is 12.3. The number of ether oxygens (including phenoxy) is 3. The maximum atomic E-state index is 11.7. The second kappa shape index (κ2) is 12.8. The van der Waals surface area contributed by atoms with Crippen LogP contribution in [0.5, 0.6) is 0 Å². The number of aromatic nitrogens is 1. The number of methoxy groups -OCH3 is 1. The van der Waals surface area contributed by atoms with E-state index in [9.17, 15) is 13.6 Å². The van der Waals surface area contributed by atoms with Crippen molar-refractivity contribution in [1.29, 1.82) is 0 Å². The number of rotatable bonds is 10. The van der Waals surface area contributed by atoms with E-state index in [1.807, 2.05) is 42.5 Å². The third-order valence-electron chi connectivity index (χ3n) is 7.54. The van der Waals surface area contributed by atoms with Crippen molar-refractivity contribution in [3.63, 3.8) is 0 Å². The van der Waals surface area contributed by atoms with E-state index in [0.717, 1.165) is 29.5 Å². The van der Waals surface area contributed by atoms with Crippen LogP contribution in [0.2, 0.25) is 0 Å². The van der Waals surface area contributed by atoms with E-state index < -0.39 is 15.6 Å². The molecule has 0 saturated carbocycles. The molecule has 1 aliphatic rings. The van der Waals surface area contributed by atoms with Gasteiger partial charge in [-0.2, -0.15) is 0 Å². The average Bonchev–Trinajstić information content (AvgIpc) is 3.44. The van der Waals surface area contributed by atoms with Crippen LogP contribution in [0.25, 0.3) is 22.6 Å². The number of benzene rings is 3. The van der Waals surface area contributed by atoms with Gasteiger partial charge in [-0.3, -0.25) is 0 Å². The molecular weight excluding hydrogens is 570 g/mol. The summed E-state index contributed by atoms with van der Waals surface area (Å²) in [4.78, 5) is 4.60. The molecule has 0 radical (unpaired) electrons. The molecular formula is C32H35N3O7S. The fraction of sp³-hybridized carbons (Fsp3) is 0.312. The Balaban J connectivity index is 1.36. The Bertz CT molecular complexity index is 1680. The lowest BCUT2D eigenvalue weighted by molar-refractivity contribution is -0.152. The van der Waals surface area contributed by atoms with Crippen LogP contribution in [-0.2, 0) is 36.4 Å². The first kappa shape index (κ1) is 30.6. The highest BCUT2D eigenvalue weighted by molar-refractivity contribution is 7.89. The van der Waals surface area contributed by atoms with E-state index in [4.69, 9.17) is 23.8 Å². The van der Waals surface area contributed by atoms with Crippen LogP contribution in [0.4, 0.5) is 0 Å². The number of primary sulfonamides is 1. The van der Waals surface area contributed by atoms with Crippen molar-refractivity contribution >= 4 is 15.7 Å². The molecule has 0 spiro atoms. The molecule has 4 aromatic rings. The zero-order valence-corrected chi connectivity index (χ0v) is 25.1. The van der Waals surface area contributed by atoms with Crippen molar-refractivity contribution in [2.24, 2.45) is 10.3 Å². The van der Waals surface area contributed by atoms with Crippen LogP contribution in [0.15, 0.2) is 93.3 Å². The third kappa shape index (κ3) is 6.87. The van der Waals surface area contributed by atoms with Gasteiger partial charge in [0.05, 0.1) is 35.9 Å². The normalized spacial score (nSPS) is 21.2. The first-order valence-corrected chi connectivity index (χ1v) is 15.4. The molecule has 3 N–H and O–H groups in total. The molecule has 1 aliphatic heterocycles. The number of sulfonamides is 1. The van der Waals surface area contributed by atoms with Gasteiger partial charge < -0.3 is 23.8 Å². The maximum Gasteiger partial charge on any atom is 0.247 e. The van der Waals surface area contributed by atoms with Crippen LogP contribution in [0.3, 0.4) is 0 Å². The number of nitrogens with two attached hydrogens (primary N) is 1. The lowest BCUT2D eigenvalue weighted by Crippen LogP contribution is -2.42. The molecule has 3 aromatic carbocycles. The number of hydrogen-bond acceptors (Lipinski definition) is 9. The number of oxazole rings is 1. The summed E-state index contributed by atoms with van der Waals surface area (Å²) in [6, 6.07) is 23.4. The second-order valence-electron chi connectivity index (χ2n) is 10.7. The van der Waals surface area contributed by atoms with Gasteiger partial charge in [-0.05, 0) is 49.2 Å². The van der Waals surface area contributed by atoms with Gasteiger partial charge in [0, 0.05) is 31.1 Å². The predicted molar refractivity (Wildman–Crippen MR) is 161 cm³/mol. The van der Waals surface area contributed by atoms with Crippen molar-refractivity contribution in [2.45, 2.75) is 56.0 Å². The molecule has 0 bridgehead atoms. The number of nitrogens with zero attached hydrogens (tertiary/aromatic N) is 2. The molecule has 1 saturated heterocycles. The van der Waals surface area contributed by atoms with Gasteiger partial charge in [0.15, 0.2) is 11.5 Å². The summed E-state index contributed by atoms with van der Waals surface area (Å²) in [7, 11) is -2.12. The molecule has 0 aliphatic carbocycles. The molecule has 2 atom stereocenters. The molecule has 226 valence electrons. The highest BCUT2D eigenvalue weighted by atomic mass is 32.2. The van der Waals surface area contributed by atoms with Crippen LogP contribution in [-0.4, -0.2) is 50.2 Å². The first-order valence-electron chi connectivity index (χ1n) is 13.9. The smallest absolute Gasteiger partial charge is 0.247 e. The minimum Gasteiger partial charge on any atom is -0.434 e. The van der Waals surface area contributed by atoms with Crippen molar-refractivity contribution < 1.29 is 32.3 Å². The summed E-state index contributed by atoms with van der Waals surface area (Å²) in [5, 5.41) is 18.5. The SMILES string of the molecule is COC1(c2cccc(COC/C(=N\O)c3nc(-c4ccccc4)c(-c4ccc(S(N)(=O)=O)cc4)o3)c2)CC(C)OC(C)C1. The third-order valence-corrected chi connectivity index (χ3v) is 8.47. The topological polar surface area (TPSA) is 146 Å². The van der Waals surface area contributed by atoms with Gasteiger partial charge in [0.25, 0.3) is 0 Å². The monoisotopic (exact) mass is 605 g/mol. The zero-order chi connectivity index (χ0) is 30.6. The minimum absolute atomic E-state index is 0.0235. The maximum absolute atomic E-state index is 11.7. The molecule has 43 heavy (non-hydrogen) atoms. The van der Waals surface area contributed by atoms with E-state index in [-0.39, 0.29) is 41.9 Å². The molecule has 10 nitrogen and oxygen atoms in total. The lowest BCUT2D eigenvalue weighted by atomic mass is 9.81. The molecule has 2 unspecified atom stereocenters. The van der Waals surface area contributed by atoms with Gasteiger partial charge in [0.1, 0.15) is 5.69 Å². The van der Waals surface area contributed by atoms with Crippen LogP contribution >= 0.6 is 0 Å². The molecule has 5 rings (SSSR count). The van der Waals surface area contributed by atoms with E-state index in [1.165, 1.54) is 12.1 Å². The van der Waals surface area contributed by atoms with Crippen molar-refractivity contribution in [1.82, 2.24) is 4.98 Å². The Hall–Kier alpha value is -3.87. The van der Waals surface area contributed by atoms with Crippen LogP contribution in [0, 0.1) is 0 Å². The van der Waals surface area contributed by atoms with Crippen molar-refractivity contribution in [3.05, 3.63) is 95.9 Å². The van der Waals surface area contributed by atoms with Gasteiger partial charge in [-0.1, -0.05) is 59.8 Å². The lowest BCUT2D eigenvalue weighted by Gasteiger charge is -2.42. The van der Waals surface area contributed by atoms with Gasteiger partial charge in [0.2, 0.25) is 15.9 Å². The molecule has 0 amide bonds. The van der Waals surface area contributed by atoms with Crippen molar-refractivity contribution in [3.8, 4) is 22.6 Å². The van der Waals surface area contributed by atoms with E-state index in [2.05, 4.69) is 36.1 Å². The highest BCUT2D eigenvalue weighted by Crippen LogP contribution is 2.40. The molecule has 2 heterocycles. The van der Waals surface area contributed by atoms with Crippen molar-refractivity contribution in [2.75, 3.05) is 13.7 Å². The van der Waals surface area contributed by atoms with E-state index >= 15 is 0 Å². The number of oxime groups is 1.